The highest BCUT2D eigenvalue weighted by molar-refractivity contribution is 5.93. The Balaban J connectivity index is 1.72. The monoisotopic (exact) mass is 255 g/mol. The highest BCUT2D eigenvalue weighted by atomic mass is 16.2. The molecule has 0 bridgehead atoms. The SMILES string of the molecule is Cc1cc(NC(=O)C2CC2)nn1Cc1ccccc1. The summed E-state index contributed by atoms with van der Waals surface area (Å²) in [5, 5.41) is 7.32. The number of benzene rings is 1. The van der Waals surface area contributed by atoms with Gasteiger partial charge < -0.3 is 5.32 Å². The molecule has 4 nitrogen and oxygen atoms in total. The standard InChI is InChI=1S/C15H17N3O/c1-11-9-14(16-15(19)13-7-8-13)17-18(11)10-12-5-3-2-4-6-12/h2-6,9,13H,7-8,10H2,1H3,(H,16,17,19). The van der Waals surface area contributed by atoms with E-state index in [4.69, 9.17) is 0 Å². The third-order valence-corrected chi connectivity index (χ3v) is 3.36. The largest absolute Gasteiger partial charge is 0.309 e. The summed E-state index contributed by atoms with van der Waals surface area (Å²) in [4.78, 5) is 11.7. The van der Waals surface area contributed by atoms with Gasteiger partial charge >= 0.3 is 0 Å². The number of hydrogen-bond donors (Lipinski definition) is 1. The van der Waals surface area contributed by atoms with Crippen LogP contribution in [0, 0.1) is 12.8 Å². The van der Waals surface area contributed by atoms with Gasteiger partial charge in [0.05, 0.1) is 6.54 Å². The van der Waals surface area contributed by atoms with Crippen molar-refractivity contribution in [2.24, 2.45) is 5.92 Å². The van der Waals surface area contributed by atoms with E-state index in [0.29, 0.717) is 5.82 Å². The minimum Gasteiger partial charge on any atom is -0.309 e. The summed E-state index contributed by atoms with van der Waals surface area (Å²) >= 11 is 0. The van der Waals surface area contributed by atoms with Crippen LogP contribution in [0.25, 0.3) is 0 Å². The van der Waals surface area contributed by atoms with Gasteiger partial charge in [-0.2, -0.15) is 5.10 Å². The molecule has 1 aliphatic carbocycles. The van der Waals surface area contributed by atoms with E-state index < -0.39 is 0 Å². The van der Waals surface area contributed by atoms with Crippen molar-refractivity contribution in [2.45, 2.75) is 26.3 Å². The lowest BCUT2D eigenvalue weighted by molar-refractivity contribution is -0.117. The van der Waals surface area contributed by atoms with Gasteiger partial charge in [0.2, 0.25) is 5.91 Å². The Kier molecular flexibility index (Phi) is 3.07. The van der Waals surface area contributed by atoms with Crippen molar-refractivity contribution in [3.63, 3.8) is 0 Å². The van der Waals surface area contributed by atoms with E-state index in [1.165, 1.54) is 5.56 Å². The highest BCUT2D eigenvalue weighted by Crippen LogP contribution is 2.30. The van der Waals surface area contributed by atoms with Crippen molar-refractivity contribution in [3.05, 3.63) is 47.7 Å². The molecule has 0 saturated heterocycles. The minimum absolute atomic E-state index is 0.101. The number of rotatable bonds is 4. The first-order valence-corrected chi connectivity index (χ1v) is 6.61. The second kappa shape index (κ2) is 4.88. The van der Waals surface area contributed by atoms with Crippen molar-refractivity contribution in [1.29, 1.82) is 0 Å². The molecule has 1 aliphatic rings. The molecule has 1 aromatic carbocycles. The van der Waals surface area contributed by atoms with E-state index in [-0.39, 0.29) is 11.8 Å². The van der Waals surface area contributed by atoms with Gasteiger partial charge in [-0.1, -0.05) is 30.3 Å². The number of carbonyl (C=O) groups is 1. The van der Waals surface area contributed by atoms with Crippen molar-refractivity contribution in [3.8, 4) is 0 Å². The van der Waals surface area contributed by atoms with Crippen LogP contribution >= 0.6 is 0 Å². The van der Waals surface area contributed by atoms with Crippen molar-refractivity contribution in [1.82, 2.24) is 9.78 Å². The van der Waals surface area contributed by atoms with Gasteiger partial charge in [-0.05, 0) is 25.3 Å². The molecule has 1 N–H and O–H groups in total. The van der Waals surface area contributed by atoms with E-state index in [1.54, 1.807) is 0 Å². The number of aromatic nitrogens is 2. The van der Waals surface area contributed by atoms with Crippen molar-refractivity contribution >= 4 is 11.7 Å². The maximum absolute atomic E-state index is 11.7. The third-order valence-electron chi connectivity index (χ3n) is 3.36. The molecule has 1 heterocycles. The normalized spacial score (nSPS) is 14.4. The first-order valence-electron chi connectivity index (χ1n) is 6.61. The maximum Gasteiger partial charge on any atom is 0.228 e. The maximum atomic E-state index is 11.7. The van der Waals surface area contributed by atoms with Gasteiger partial charge in [-0.15, -0.1) is 0 Å². The molecule has 0 unspecified atom stereocenters. The van der Waals surface area contributed by atoms with Crippen molar-refractivity contribution < 1.29 is 4.79 Å². The minimum atomic E-state index is 0.101. The number of aryl methyl sites for hydroxylation is 1. The fourth-order valence-corrected chi connectivity index (χ4v) is 2.06. The topological polar surface area (TPSA) is 46.9 Å². The number of carbonyl (C=O) groups excluding carboxylic acids is 1. The Morgan fingerprint density at radius 1 is 1.37 bits per heavy atom. The van der Waals surface area contributed by atoms with Crippen LogP contribution in [-0.4, -0.2) is 15.7 Å². The van der Waals surface area contributed by atoms with Crippen LogP contribution in [-0.2, 0) is 11.3 Å². The molecule has 98 valence electrons. The second-order valence-corrected chi connectivity index (χ2v) is 5.08. The molecule has 1 fully saturated rings. The molecular weight excluding hydrogens is 238 g/mol. The molecule has 1 amide bonds. The van der Waals surface area contributed by atoms with Crippen LogP contribution in [0.15, 0.2) is 36.4 Å². The highest BCUT2D eigenvalue weighted by Gasteiger charge is 2.30. The van der Waals surface area contributed by atoms with Crippen LogP contribution < -0.4 is 5.32 Å². The molecule has 0 atom stereocenters. The van der Waals surface area contributed by atoms with Gasteiger partial charge in [0, 0.05) is 17.7 Å². The van der Waals surface area contributed by atoms with Crippen LogP contribution in [0.5, 0.6) is 0 Å². The molecule has 0 radical (unpaired) electrons. The lowest BCUT2D eigenvalue weighted by atomic mass is 10.2. The summed E-state index contributed by atoms with van der Waals surface area (Å²) in [6.07, 6.45) is 2.02. The number of nitrogens with one attached hydrogen (secondary N) is 1. The Hall–Kier alpha value is -2.10. The first-order chi connectivity index (χ1) is 9.22. The van der Waals surface area contributed by atoms with Crippen LogP contribution in [0.3, 0.4) is 0 Å². The van der Waals surface area contributed by atoms with Gasteiger partial charge in [0.15, 0.2) is 5.82 Å². The van der Waals surface area contributed by atoms with E-state index in [0.717, 1.165) is 25.1 Å². The van der Waals surface area contributed by atoms with Crippen LogP contribution in [0.1, 0.15) is 24.1 Å². The zero-order valence-corrected chi connectivity index (χ0v) is 11.0. The molecule has 1 aromatic heterocycles. The fourth-order valence-electron chi connectivity index (χ4n) is 2.06. The van der Waals surface area contributed by atoms with Gasteiger partial charge in [0.25, 0.3) is 0 Å². The summed E-state index contributed by atoms with van der Waals surface area (Å²) in [5.41, 5.74) is 2.25. The molecule has 2 aromatic rings. The smallest absolute Gasteiger partial charge is 0.228 e. The quantitative estimate of drug-likeness (QED) is 0.912. The molecule has 0 aliphatic heterocycles. The number of anilines is 1. The summed E-state index contributed by atoms with van der Waals surface area (Å²) in [6.45, 7) is 2.73. The van der Waals surface area contributed by atoms with E-state index in [1.807, 2.05) is 35.9 Å². The van der Waals surface area contributed by atoms with Crippen molar-refractivity contribution in [2.75, 3.05) is 5.32 Å². The zero-order chi connectivity index (χ0) is 13.2. The van der Waals surface area contributed by atoms with E-state index in [9.17, 15) is 4.79 Å². The summed E-state index contributed by atoms with van der Waals surface area (Å²) < 4.78 is 1.91. The molecule has 19 heavy (non-hydrogen) atoms. The molecular formula is C15H17N3O. The van der Waals surface area contributed by atoms with E-state index in [2.05, 4.69) is 22.5 Å². The molecule has 3 rings (SSSR count). The van der Waals surface area contributed by atoms with Gasteiger partial charge in [-0.3, -0.25) is 9.48 Å². The van der Waals surface area contributed by atoms with Crippen LogP contribution in [0.4, 0.5) is 5.82 Å². The third kappa shape index (κ3) is 2.84. The number of amides is 1. The summed E-state index contributed by atoms with van der Waals surface area (Å²) in [5.74, 6) is 0.967. The Morgan fingerprint density at radius 2 is 2.11 bits per heavy atom. The average molecular weight is 255 g/mol. The molecule has 0 spiro atoms. The predicted octanol–water partition coefficient (Wildman–Crippen LogP) is 2.59. The molecule has 4 heteroatoms. The van der Waals surface area contributed by atoms with Crippen LogP contribution in [0.2, 0.25) is 0 Å². The molecule has 1 saturated carbocycles. The lowest BCUT2D eigenvalue weighted by Gasteiger charge is -2.04. The first kappa shape index (κ1) is 12.0. The summed E-state index contributed by atoms with van der Waals surface area (Å²) in [7, 11) is 0. The zero-order valence-electron chi connectivity index (χ0n) is 11.0. The summed E-state index contributed by atoms with van der Waals surface area (Å²) in [6, 6.07) is 12.1. The number of hydrogen-bond acceptors (Lipinski definition) is 2. The average Bonchev–Trinajstić information content (AvgIpc) is 3.18. The number of nitrogens with zero attached hydrogens (tertiary/aromatic N) is 2. The van der Waals surface area contributed by atoms with Gasteiger partial charge in [-0.25, -0.2) is 0 Å². The fraction of sp³-hybridized carbons (Fsp3) is 0.333. The van der Waals surface area contributed by atoms with Gasteiger partial charge in [0.1, 0.15) is 0 Å². The Morgan fingerprint density at radius 3 is 2.79 bits per heavy atom. The Bertz CT molecular complexity index is 585. The predicted molar refractivity (Wildman–Crippen MR) is 73.9 cm³/mol. The second-order valence-electron chi connectivity index (χ2n) is 5.08. The Labute approximate surface area is 112 Å². The lowest BCUT2D eigenvalue weighted by Crippen LogP contribution is -2.14. The van der Waals surface area contributed by atoms with E-state index >= 15 is 0 Å².